The van der Waals surface area contributed by atoms with Crippen LogP contribution in [0.3, 0.4) is 0 Å². The van der Waals surface area contributed by atoms with Crippen LogP contribution in [-0.4, -0.2) is 69.0 Å². The van der Waals surface area contributed by atoms with Crippen LogP contribution in [0.1, 0.15) is 35.7 Å². The maximum atomic E-state index is 11.9. The minimum atomic E-state index is 0. The molecular formula is C20H34IN5O. The van der Waals surface area contributed by atoms with Gasteiger partial charge in [0.1, 0.15) is 0 Å². The van der Waals surface area contributed by atoms with Crippen LogP contribution in [0.2, 0.25) is 0 Å². The number of amides is 1. The van der Waals surface area contributed by atoms with E-state index in [9.17, 15) is 4.79 Å². The Morgan fingerprint density at radius 1 is 1.26 bits per heavy atom. The van der Waals surface area contributed by atoms with E-state index in [0.29, 0.717) is 12.1 Å². The number of guanidine groups is 1. The van der Waals surface area contributed by atoms with Crippen LogP contribution < -0.4 is 10.6 Å². The van der Waals surface area contributed by atoms with E-state index in [-0.39, 0.29) is 29.9 Å². The highest BCUT2D eigenvalue weighted by Crippen LogP contribution is 2.14. The van der Waals surface area contributed by atoms with Gasteiger partial charge in [0.2, 0.25) is 0 Å². The van der Waals surface area contributed by atoms with Crippen molar-refractivity contribution in [1.29, 1.82) is 0 Å². The van der Waals surface area contributed by atoms with Gasteiger partial charge in [-0.3, -0.25) is 9.79 Å². The van der Waals surface area contributed by atoms with Gasteiger partial charge in [0, 0.05) is 52.9 Å². The molecule has 1 heterocycles. The van der Waals surface area contributed by atoms with Gasteiger partial charge in [-0.2, -0.15) is 0 Å². The van der Waals surface area contributed by atoms with Crippen LogP contribution in [0.15, 0.2) is 29.3 Å². The number of piperidine rings is 1. The highest BCUT2D eigenvalue weighted by molar-refractivity contribution is 14.0. The van der Waals surface area contributed by atoms with Crippen molar-refractivity contribution in [2.45, 2.75) is 26.3 Å². The summed E-state index contributed by atoms with van der Waals surface area (Å²) < 4.78 is 0. The van der Waals surface area contributed by atoms with E-state index in [0.717, 1.165) is 30.5 Å². The fourth-order valence-corrected chi connectivity index (χ4v) is 3.25. The molecule has 1 amide bonds. The average molecular weight is 487 g/mol. The highest BCUT2D eigenvalue weighted by atomic mass is 127. The van der Waals surface area contributed by atoms with Crippen molar-refractivity contribution < 1.29 is 4.79 Å². The number of hydrogen-bond acceptors (Lipinski definition) is 3. The molecule has 1 saturated heterocycles. The SMILES string of the molecule is CN=C(NCCN1CCCC(C)C1)NCc1ccc(C(=O)N(C)C)cc1.I. The van der Waals surface area contributed by atoms with Crippen molar-refractivity contribution in [1.82, 2.24) is 20.4 Å². The summed E-state index contributed by atoms with van der Waals surface area (Å²) in [6.07, 6.45) is 2.66. The second kappa shape index (κ2) is 12.2. The minimum absolute atomic E-state index is 0. The molecule has 27 heavy (non-hydrogen) atoms. The quantitative estimate of drug-likeness (QED) is 0.368. The third kappa shape index (κ3) is 8.04. The van der Waals surface area contributed by atoms with Crippen molar-refractivity contribution in [2.75, 3.05) is 47.3 Å². The Bertz CT molecular complexity index is 603. The first-order valence-electron chi connectivity index (χ1n) is 9.47. The highest BCUT2D eigenvalue weighted by Gasteiger charge is 2.15. The summed E-state index contributed by atoms with van der Waals surface area (Å²) in [6.45, 7) is 7.35. The number of aliphatic imine (C=N–C) groups is 1. The Kier molecular flexibility index (Phi) is 10.7. The van der Waals surface area contributed by atoms with E-state index >= 15 is 0 Å². The maximum absolute atomic E-state index is 11.9. The Balaban J connectivity index is 0.00000364. The van der Waals surface area contributed by atoms with Gasteiger partial charge < -0.3 is 20.4 Å². The lowest BCUT2D eigenvalue weighted by molar-refractivity contribution is 0.0827. The molecular weight excluding hydrogens is 453 g/mol. The molecule has 2 N–H and O–H groups in total. The molecule has 6 nitrogen and oxygen atoms in total. The van der Waals surface area contributed by atoms with Gasteiger partial charge in [-0.25, -0.2) is 0 Å². The van der Waals surface area contributed by atoms with Crippen LogP contribution in [0.25, 0.3) is 0 Å². The Morgan fingerprint density at radius 2 is 1.96 bits per heavy atom. The third-order valence-corrected chi connectivity index (χ3v) is 4.75. The first kappa shape index (κ1) is 23.7. The van der Waals surface area contributed by atoms with Crippen molar-refractivity contribution in [3.05, 3.63) is 35.4 Å². The topological polar surface area (TPSA) is 60.0 Å². The number of benzene rings is 1. The molecule has 1 fully saturated rings. The lowest BCUT2D eigenvalue weighted by Gasteiger charge is -2.30. The van der Waals surface area contributed by atoms with Crippen molar-refractivity contribution in [2.24, 2.45) is 10.9 Å². The Hall–Kier alpha value is -1.35. The molecule has 2 rings (SSSR count). The fraction of sp³-hybridized carbons (Fsp3) is 0.600. The van der Waals surface area contributed by atoms with Crippen LogP contribution in [0, 0.1) is 5.92 Å². The zero-order valence-electron chi connectivity index (χ0n) is 17.0. The summed E-state index contributed by atoms with van der Waals surface area (Å²) in [6, 6.07) is 7.69. The molecule has 0 aromatic heterocycles. The largest absolute Gasteiger partial charge is 0.355 e. The van der Waals surface area contributed by atoms with Gasteiger partial charge in [-0.1, -0.05) is 19.1 Å². The average Bonchev–Trinajstić information content (AvgIpc) is 2.64. The van der Waals surface area contributed by atoms with E-state index in [4.69, 9.17) is 0 Å². The Morgan fingerprint density at radius 3 is 2.56 bits per heavy atom. The lowest BCUT2D eigenvalue weighted by Crippen LogP contribution is -2.43. The predicted octanol–water partition coefficient (Wildman–Crippen LogP) is 2.40. The number of hydrogen-bond donors (Lipinski definition) is 2. The van der Waals surface area contributed by atoms with Crippen molar-refractivity contribution in [3.63, 3.8) is 0 Å². The number of rotatable bonds is 6. The molecule has 0 aliphatic carbocycles. The number of halogens is 1. The summed E-state index contributed by atoms with van der Waals surface area (Å²) in [5.41, 5.74) is 1.82. The van der Waals surface area contributed by atoms with E-state index in [1.54, 1.807) is 26.0 Å². The number of likely N-dealkylation sites (tertiary alicyclic amines) is 1. The Labute approximate surface area is 180 Å². The van der Waals surface area contributed by atoms with E-state index in [1.807, 2.05) is 24.3 Å². The fourth-order valence-electron chi connectivity index (χ4n) is 3.25. The molecule has 1 unspecified atom stereocenters. The molecule has 0 bridgehead atoms. The molecule has 1 aromatic rings. The predicted molar refractivity (Wildman–Crippen MR) is 123 cm³/mol. The van der Waals surface area contributed by atoms with Gasteiger partial charge in [0.25, 0.3) is 5.91 Å². The van der Waals surface area contributed by atoms with Gasteiger partial charge in [-0.15, -0.1) is 24.0 Å². The first-order valence-corrected chi connectivity index (χ1v) is 9.47. The smallest absolute Gasteiger partial charge is 0.253 e. The number of carbonyl (C=O) groups excluding carboxylic acids is 1. The van der Waals surface area contributed by atoms with Crippen molar-refractivity contribution in [3.8, 4) is 0 Å². The van der Waals surface area contributed by atoms with Gasteiger partial charge in [-0.05, 0) is 43.0 Å². The number of nitrogens with zero attached hydrogens (tertiary/aromatic N) is 3. The molecule has 1 aliphatic rings. The van der Waals surface area contributed by atoms with Crippen LogP contribution in [0.5, 0.6) is 0 Å². The third-order valence-electron chi connectivity index (χ3n) is 4.75. The van der Waals surface area contributed by atoms with Crippen LogP contribution in [0.4, 0.5) is 0 Å². The van der Waals surface area contributed by atoms with Gasteiger partial charge in [0.05, 0.1) is 0 Å². The molecule has 152 valence electrons. The number of carbonyl (C=O) groups is 1. The van der Waals surface area contributed by atoms with Crippen LogP contribution >= 0.6 is 24.0 Å². The second-order valence-electron chi connectivity index (χ2n) is 7.30. The first-order chi connectivity index (χ1) is 12.5. The second-order valence-corrected chi connectivity index (χ2v) is 7.30. The molecule has 0 spiro atoms. The zero-order chi connectivity index (χ0) is 18.9. The van der Waals surface area contributed by atoms with Crippen molar-refractivity contribution >= 4 is 35.8 Å². The normalized spacial score (nSPS) is 17.8. The maximum Gasteiger partial charge on any atom is 0.253 e. The molecule has 0 saturated carbocycles. The van der Waals surface area contributed by atoms with E-state index in [1.165, 1.54) is 25.9 Å². The molecule has 0 radical (unpaired) electrons. The molecule has 1 atom stereocenters. The zero-order valence-corrected chi connectivity index (χ0v) is 19.3. The summed E-state index contributed by atoms with van der Waals surface area (Å²) in [7, 11) is 5.31. The minimum Gasteiger partial charge on any atom is -0.355 e. The monoisotopic (exact) mass is 487 g/mol. The van der Waals surface area contributed by atoms with Gasteiger partial charge in [0.15, 0.2) is 5.96 Å². The molecule has 7 heteroatoms. The summed E-state index contributed by atoms with van der Waals surface area (Å²) >= 11 is 0. The summed E-state index contributed by atoms with van der Waals surface area (Å²) in [5.74, 6) is 1.64. The van der Waals surface area contributed by atoms with Gasteiger partial charge >= 0.3 is 0 Å². The standard InChI is InChI=1S/C20H33N5O.HI/c1-16-6-5-12-25(15-16)13-11-22-20(21-2)23-14-17-7-9-18(10-8-17)19(26)24(3)4;/h7-10,16H,5-6,11-15H2,1-4H3,(H2,21,22,23);1H. The van der Waals surface area contributed by atoms with E-state index in [2.05, 4.69) is 27.4 Å². The summed E-state index contributed by atoms with van der Waals surface area (Å²) in [5, 5.41) is 6.71. The molecule has 1 aromatic carbocycles. The summed E-state index contributed by atoms with van der Waals surface area (Å²) in [4.78, 5) is 20.3. The molecule has 1 aliphatic heterocycles. The van der Waals surface area contributed by atoms with Crippen LogP contribution in [-0.2, 0) is 6.54 Å². The van der Waals surface area contributed by atoms with E-state index < -0.39 is 0 Å². The lowest BCUT2D eigenvalue weighted by atomic mass is 10.0. The number of nitrogens with one attached hydrogen (secondary N) is 2.